The molecule has 0 radical (unpaired) electrons. The van der Waals surface area contributed by atoms with Crippen LogP contribution in [0.4, 0.5) is 0 Å². The van der Waals surface area contributed by atoms with Crippen LogP contribution in [0.1, 0.15) is 28.5 Å². The van der Waals surface area contributed by atoms with E-state index >= 15 is 0 Å². The molecule has 6 nitrogen and oxygen atoms in total. The minimum Gasteiger partial charge on any atom is -0.531 e. The lowest BCUT2D eigenvalue weighted by atomic mass is 9.80. The van der Waals surface area contributed by atoms with Crippen molar-refractivity contribution in [3.8, 4) is 5.88 Å². The molecule has 0 fully saturated rings. The van der Waals surface area contributed by atoms with E-state index in [0.717, 1.165) is 22.3 Å². The minimum absolute atomic E-state index is 0.281. The SMILES string of the molecule is Cc1cn([C@H]2C=C[C@@H](COC(c3ccccc3)(c3ccccc3)c3ccccc3)O2)c(=O)nc1O[Si](C)(C)C. The van der Waals surface area contributed by atoms with Crippen LogP contribution in [0.3, 0.4) is 0 Å². The first-order valence-corrected chi connectivity index (χ1v) is 16.6. The number of aromatic nitrogens is 2. The van der Waals surface area contributed by atoms with Gasteiger partial charge in [-0.1, -0.05) is 97.1 Å². The smallest absolute Gasteiger partial charge is 0.353 e. The van der Waals surface area contributed by atoms with Crippen LogP contribution in [0.5, 0.6) is 5.88 Å². The molecule has 2 atom stereocenters. The van der Waals surface area contributed by atoms with Crippen LogP contribution in [-0.2, 0) is 15.1 Å². The van der Waals surface area contributed by atoms with Crippen LogP contribution in [-0.4, -0.2) is 30.6 Å². The average molecular weight is 539 g/mol. The number of ether oxygens (including phenoxy) is 2. The molecular formula is C32H34N2O4Si. The molecule has 0 amide bonds. The third kappa shape index (κ3) is 5.81. The van der Waals surface area contributed by atoms with Crippen molar-refractivity contribution in [3.63, 3.8) is 0 Å². The van der Waals surface area contributed by atoms with Gasteiger partial charge in [0.15, 0.2) is 6.23 Å². The summed E-state index contributed by atoms with van der Waals surface area (Å²) < 4.78 is 20.7. The third-order valence-corrected chi connectivity index (χ3v) is 7.38. The maximum absolute atomic E-state index is 12.9. The summed E-state index contributed by atoms with van der Waals surface area (Å²) in [4.78, 5) is 17.1. The second-order valence-corrected chi connectivity index (χ2v) is 15.1. The van der Waals surface area contributed by atoms with Crippen molar-refractivity contribution in [2.75, 3.05) is 6.61 Å². The molecule has 1 aromatic heterocycles. The Balaban J connectivity index is 1.42. The topological polar surface area (TPSA) is 62.6 Å². The Kier molecular flexibility index (Phi) is 7.66. The summed E-state index contributed by atoms with van der Waals surface area (Å²) in [6, 6.07) is 30.7. The zero-order chi connectivity index (χ0) is 27.5. The molecule has 39 heavy (non-hydrogen) atoms. The summed E-state index contributed by atoms with van der Waals surface area (Å²) in [7, 11) is -1.90. The van der Waals surface area contributed by atoms with E-state index in [1.807, 2.05) is 73.7 Å². The van der Waals surface area contributed by atoms with Gasteiger partial charge in [-0.3, -0.25) is 4.57 Å². The van der Waals surface area contributed by atoms with Crippen LogP contribution in [0, 0.1) is 6.92 Å². The van der Waals surface area contributed by atoms with Gasteiger partial charge in [0.05, 0.1) is 6.61 Å². The van der Waals surface area contributed by atoms with E-state index in [-0.39, 0.29) is 12.7 Å². The maximum Gasteiger partial charge on any atom is 0.353 e. The van der Waals surface area contributed by atoms with E-state index in [2.05, 4.69) is 61.0 Å². The van der Waals surface area contributed by atoms with Gasteiger partial charge < -0.3 is 13.9 Å². The van der Waals surface area contributed by atoms with Crippen molar-refractivity contribution in [3.05, 3.63) is 142 Å². The molecule has 1 aliphatic rings. The van der Waals surface area contributed by atoms with Crippen molar-refractivity contribution in [1.29, 1.82) is 0 Å². The van der Waals surface area contributed by atoms with Crippen molar-refractivity contribution >= 4 is 8.32 Å². The lowest BCUT2D eigenvalue weighted by Gasteiger charge is -2.36. The van der Waals surface area contributed by atoms with E-state index in [1.54, 1.807) is 6.20 Å². The fourth-order valence-corrected chi connectivity index (χ4v) is 5.63. The van der Waals surface area contributed by atoms with Crippen LogP contribution >= 0.6 is 0 Å². The molecule has 5 rings (SSSR count). The van der Waals surface area contributed by atoms with Gasteiger partial charge in [-0.25, -0.2) is 4.79 Å². The first kappa shape index (κ1) is 26.8. The Labute approximate surface area is 230 Å². The number of nitrogens with zero attached hydrogens (tertiary/aromatic N) is 2. The Morgan fingerprint density at radius 1 is 0.846 bits per heavy atom. The number of hydrogen-bond donors (Lipinski definition) is 0. The molecule has 0 saturated carbocycles. The van der Waals surface area contributed by atoms with Crippen LogP contribution in [0.25, 0.3) is 0 Å². The van der Waals surface area contributed by atoms with Gasteiger partial charge in [-0.2, -0.15) is 4.98 Å². The van der Waals surface area contributed by atoms with Gasteiger partial charge in [-0.15, -0.1) is 0 Å². The maximum atomic E-state index is 12.9. The first-order chi connectivity index (χ1) is 18.8. The molecular weight excluding hydrogens is 504 g/mol. The fraction of sp³-hybridized carbons (Fsp3) is 0.250. The molecule has 0 unspecified atom stereocenters. The first-order valence-electron chi connectivity index (χ1n) is 13.2. The molecule has 3 aromatic carbocycles. The second kappa shape index (κ2) is 11.1. The molecule has 0 aliphatic carbocycles. The molecule has 0 N–H and O–H groups in total. The molecule has 1 aliphatic heterocycles. The normalized spacial score (nSPS) is 17.3. The predicted octanol–water partition coefficient (Wildman–Crippen LogP) is 6.23. The highest BCUT2D eigenvalue weighted by molar-refractivity contribution is 6.70. The van der Waals surface area contributed by atoms with Crippen LogP contribution in [0.2, 0.25) is 19.6 Å². The summed E-state index contributed by atoms with van der Waals surface area (Å²) in [5, 5.41) is 0. The van der Waals surface area contributed by atoms with Gasteiger partial charge in [-0.05, 0) is 49.3 Å². The standard InChI is InChI=1S/C32H34N2O4Si/c1-24-22-34(31(35)33-30(24)38-39(2,3)4)29-21-20-28(37-29)23-36-32(25-14-8-5-9-15-25,26-16-10-6-11-17-26)27-18-12-7-13-19-27/h5-22,28-29H,23H2,1-4H3/t28-,29+/m0/s1. The van der Waals surface area contributed by atoms with Gasteiger partial charge in [0.1, 0.15) is 11.7 Å². The van der Waals surface area contributed by atoms with E-state index in [4.69, 9.17) is 13.9 Å². The largest absolute Gasteiger partial charge is 0.531 e. The Bertz CT molecular complexity index is 1390. The summed E-state index contributed by atoms with van der Waals surface area (Å²) in [6.07, 6.45) is 4.66. The summed E-state index contributed by atoms with van der Waals surface area (Å²) in [5.74, 6) is 0.399. The lowest BCUT2D eigenvalue weighted by Crippen LogP contribution is -2.36. The highest BCUT2D eigenvalue weighted by Gasteiger charge is 2.38. The van der Waals surface area contributed by atoms with Crippen molar-refractivity contribution < 1.29 is 13.9 Å². The number of hydrogen-bond acceptors (Lipinski definition) is 5. The molecule has 0 saturated heterocycles. The van der Waals surface area contributed by atoms with E-state index in [0.29, 0.717) is 5.88 Å². The van der Waals surface area contributed by atoms with Crippen LogP contribution < -0.4 is 10.1 Å². The quantitative estimate of drug-likeness (QED) is 0.144. The molecule has 0 spiro atoms. The minimum atomic E-state index is -1.90. The zero-order valence-electron chi connectivity index (χ0n) is 22.8. The molecule has 4 aromatic rings. The average Bonchev–Trinajstić information content (AvgIpc) is 3.41. The van der Waals surface area contributed by atoms with Gasteiger partial charge in [0, 0.05) is 11.8 Å². The number of aryl methyl sites for hydroxylation is 1. The Morgan fingerprint density at radius 3 is 1.85 bits per heavy atom. The fourth-order valence-electron chi connectivity index (χ4n) is 4.85. The van der Waals surface area contributed by atoms with Gasteiger partial charge >= 0.3 is 5.69 Å². The lowest BCUT2D eigenvalue weighted by molar-refractivity contribution is -0.0685. The second-order valence-electron chi connectivity index (χ2n) is 10.7. The predicted molar refractivity (Wildman–Crippen MR) is 155 cm³/mol. The van der Waals surface area contributed by atoms with E-state index < -0.39 is 25.8 Å². The number of benzene rings is 3. The summed E-state index contributed by atoms with van der Waals surface area (Å²) >= 11 is 0. The molecule has 2 heterocycles. The molecule has 200 valence electrons. The third-order valence-electron chi connectivity index (χ3n) is 6.57. The Hall–Kier alpha value is -3.78. The highest BCUT2D eigenvalue weighted by atomic mass is 28.4. The van der Waals surface area contributed by atoms with Gasteiger partial charge in [0.25, 0.3) is 0 Å². The zero-order valence-corrected chi connectivity index (χ0v) is 23.8. The summed E-state index contributed by atoms with van der Waals surface area (Å²) in [5.41, 5.74) is 2.62. The van der Waals surface area contributed by atoms with Crippen molar-refractivity contribution in [2.45, 2.75) is 44.5 Å². The van der Waals surface area contributed by atoms with Crippen molar-refractivity contribution in [1.82, 2.24) is 9.55 Å². The monoisotopic (exact) mass is 538 g/mol. The van der Waals surface area contributed by atoms with Crippen molar-refractivity contribution in [2.24, 2.45) is 0 Å². The summed E-state index contributed by atoms with van der Waals surface area (Å²) in [6.45, 7) is 8.36. The molecule has 7 heteroatoms. The van der Waals surface area contributed by atoms with E-state index in [1.165, 1.54) is 4.57 Å². The number of rotatable bonds is 9. The van der Waals surface area contributed by atoms with E-state index in [9.17, 15) is 4.79 Å². The highest BCUT2D eigenvalue weighted by Crippen LogP contribution is 2.41. The Morgan fingerprint density at radius 2 is 1.36 bits per heavy atom. The molecule has 0 bridgehead atoms. The van der Waals surface area contributed by atoms with Gasteiger partial charge in [0.2, 0.25) is 14.2 Å². The van der Waals surface area contributed by atoms with Crippen LogP contribution in [0.15, 0.2) is 114 Å².